The minimum absolute atomic E-state index is 0.0780. The molecule has 0 spiro atoms. The first-order valence-corrected chi connectivity index (χ1v) is 8.30. The number of fused-ring (bicyclic) bond motifs is 1. The number of carboxylic acids is 1. The molecule has 0 fully saturated rings. The van der Waals surface area contributed by atoms with Gasteiger partial charge in [-0.1, -0.05) is 11.8 Å². The summed E-state index contributed by atoms with van der Waals surface area (Å²) in [5, 5.41) is 11.0. The van der Waals surface area contributed by atoms with Crippen LogP contribution in [0.4, 0.5) is 0 Å². The van der Waals surface area contributed by atoms with Crippen LogP contribution < -0.4 is 5.56 Å². The Hall–Kier alpha value is -1.38. The summed E-state index contributed by atoms with van der Waals surface area (Å²) >= 11 is 2.39. The Morgan fingerprint density at radius 3 is 3.00 bits per heavy atom. The van der Waals surface area contributed by atoms with Gasteiger partial charge in [-0.15, -0.1) is 11.3 Å². The number of aliphatic carboxylic acids is 1. The molecule has 1 N–H and O–H groups in total. The SMILES string of the molecule is CC(C)OCCn1c(SCC(=O)O)nc2ccsc2c1=O. The van der Waals surface area contributed by atoms with E-state index >= 15 is 0 Å². The maximum absolute atomic E-state index is 12.4. The minimum atomic E-state index is -0.940. The van der Waals surface area contributed by atoms with Crippen LogP contribution in [-0.2, 0) is 16.1 Å². The smallest absolute Gasteiger partial charge is 0.313 e. The Morgan fingerprint density at radius 1 is 1.57 bits per heavy atom. The molecule has 0 aliphatic heterocycles. The first-order chi connectivity index (χ1) is 9.99. The Kier molecular flexibility index (Phi) is 5.38. The fourth-order valence-electron chi connectivity index (χ4n) is 1.74. The molecule has 2 rings (SSSR count). The molecule has 0 radical (unpaired) electrons. The van der Waals surface area contributed by atoms with Crippen molar-refractivity contribution < 1.29 is 14.6 Å². The van der Waals surface area contributed by atoms with E-state index in [1.165, 1.54) is 15.9 Å². The van der Waals surface area contributed by atoms with Gasteiger partial charge in [-0.2, -0.15) is 0 Å². The van der Waals surface area contributed by atoms with E-state index < -0.39 is 5.97 Å². The van der Waals surface area contributed by atoms with Crippen molar-refractivity contribution in [3.05, 3.63) is 21.8 Å². The predicted molar refractivity (Wildman–Crippen MR) is 83.3 cm³/mol. The second-order valence-corrected chi connectivity index (χ2v) is 6.45. The zero-order valence-corrected chi connectivity index (χ0v) is 13.4. The van der Waals surface area contributed by atoms with E-state index in [9.17, 15) is 9.59 Å². The highest BCUT2D eigenvalue weighted by Crippen LogP contribution is 2.20. The van der Waals surface area contributed by atoms with Gasteiger partial charge < -0.3 is 9.84 Å². The lowest BCUT2D eigenvalue weighted by Gasteiger charge is -2.12. The molecule has 114 valence electrons. The van der Waals surface area contributed by atoms with Crippen LogP contribution in [0, 0.1) is 0 Å². The lowest BCUT2D eigenvalue weighted by molar-refractivity contribution is -0.133. The standard InChI is InChI=1S/C13H16N2O4S2/c1-8(2)19-5-4-15-12(18)11-9(3-6-20-11)14-13(15)21-7-10(16)17/h3,6,8H,4-5,7H2,1-2H3,(H,16,17). The van der Waals surface area contributed by atoms with Crippen molar-refractivity contribution in [3.8, 4) is 0 Å². The van der Waals surface area contributed by atoms with E-state index in [1.54, 1.807) is 11.4 Å². The highest BCUT2D eigenvalue weighted by atomic mass is 32.2. The first kappa shape index (κ1) is 16.0. The van der Waals surface area contributed by atoms with Crippen molar-refractivity contribution in [1.29, 1.82) is 0 Å². The zero-order valence-electron chi connectivity index (χ0n) is 11.7. The summed E-state index contributed by atoms with van der Waals surface area (Å²) < 4.78 is 7.54. The third-order valence-corrected chi connectivity index (χ3v) is 4.47. The van der Waals surface area contributed by atoms with Crippen molar-refractivity contribution in [2.45, 2.75) is 31.7 Å². The monoisotopic (exact) mass is 328 g/mol. The average molecular weight is 328 g/mol. The third kappa shape index (κ3) is 4.05. The van der Waals surface area contributed by atoms with Crippen LogP contribution in [-0.4, -0.2) is 39.1 Å². The predicted octanol–water partition coefficient (Wildman–Crippen LogP) is 2.06. The number of ether oxygens (including phenoxy) is 1. The van der Waals surface area contributed by atoms with Crippen LogP contribution in [0.5, 0.6) is 0 Å². The van der Waals surface area contributed by atoms with Crippen LogP contribution in [0.25, 0.3) is 10.2 Å². The number of carboxylic acid groups (broad SMARTS) is 1. The molecular weight excluding hydrogens is 312 g/mol. The highest BCUT2D eigenvalue weighted by Gasteiger charge is 2.13. The molecule has 0 atom stereocenters. The number of carbonyl (C=O) groups is 1. The third-order valence-electron chi connectivity index (χ3n) is 2.62. The van der Waals surface area contributed by atoms with E-state index in [4.69, 9.17) is 9.84 Å². The van der Waals surface area contributed by atoms with Gasteiger partial charge in [0.05, 0.1) is 30.5 Å². The molecule has 0 amide bonds. The Morgan fingerprint density at radius 2 is 2.33 bits per heavy atom. The maximum Gasteiger partial charge on any atom is 0.313 e. The molecule has 0 saturated carbocycles. The average Bonchev–Trinajstić information content (AvgIpc) is 2.87. The van der Waals surface area contributed by atoms with Crippen LogP contribution in [0.3, 0.4) is 0 Å². The number of hydrogen-bond donors (Lipinski definition) is 1. The van der Waals surface area contributed by atoms with E-state index in [0.717, 1.165) is 11.8 Å². The number of thiophene rings is 1. The van der Waals surface area contributed by atoms with E-state index in [1.807, 2.05) is 13.8 Å². The molecular formula is C13H16N2O4S2. The van der Waals surface area contributed by atoms with Crippen molar-refractivity contribution in [2.75, 3.05) is 12.4 Å². The van der Waals surface area contributed by atoms with E-state index in [0.29, 0.717) is 28.5 Å². The molecule has 0 aliphatic rings. The summed E-state index contributed by atoms with van der Waals surface area (Å²) in [5.41, 5.74) is 0.467. The van der Waals surface area contributed by atoms with Crippen LogP contribution in [0.2, 0.25) is 0 Å². The summed E-state index contributed by atoms with van der Waals surface area (Å²) in [7, 11) is 0. The molecule has 8 heteroatoms. The number of rotatable bonds is 7. The molecule has 0 bridgehead atoms. The molecule has 2 aromatic heterocycles. The molecule has 0 aliphatic carbocycles. The second kappa shape index (κ2) is 7.06. The van der Waals surface area contributed by atoms with Gasteiger partial charge in [-0.3, -0.25) is 14.2 Å². The van der Waals surface area contributed by atoms with Crippen molar-refractivity contribution >= 4 is 39.3 Å². The molecule has 0 unspecified atom stereocenters. The quantitative estimate of drug-likeness (QED) is 0.619. The molecule has 21 heavy (non-hydrogen) atoms. The molecule has 0 saturated heterocycles. The first-order valence-electron chi connectivity index (χ1n) is 6.43. The van der Waals surface area contributed by atoms with Crippen molar-refractivity contribution in [3.63, 3.8) is 0 Å². The number of aromatic nitrogens is 2. The van der Waals surface area contributed by atoms with Gasteiger partial charge in [-0.25, -0.2) is 4.98 Å². The lowest BCUT2D eigenvalue weighted by Crippen LogP contribution is -2.25. The Labute approximate surface area is 129 Å². The van der Waals surface area contributed by atoms with Crippen molar-refractivity contribution in [2.24, 2.45) is 0 Å². The largest absolute Gasteiger partial charge is 0.481 e. The number of nitrogens with zero attached hydrogens (tertiary/aromatic N) is 2. The fraction of sp³-hybridized carbons (Fsp3) is 0.462. The molecule has 6 nitrogen and oxygen atoms in total. The van der Waals surface area contributed by atoms with Gasteiger partial charge in [0.25, 0.3) is 5.56 Å². The minimum Gasteiger partial charge on any atom is -0.481 e. The van der Waals surface area contributed by atoms with E-state index in [-0.39, 0.29) is 17.4 Å². The Balaban J connectivity index is 2.32. The van der Waals surface area contributed by atoms with Gasteiger partial charge in [-0.05, 0) is 25.3 Å². The van der Waals surface area contributed by atoms with Crippen LogP contribution in [0.15, 0.2) is 21.4 Å². The van der Waals surface area contributed by atoms with Gasteiger partial charge >= 0.3 is 5.97 Å². The fourth-order valence-corrected chi connectivity index (χ4v) is 3.26. The van der Waals surface area contributed by atoms with Gasteiger partial charge in [0, 0.05) is 0 Å². The second-order valence-electron chi connectivity index (χ2n) is 4.59. The number of hydrogen-bond acceptors (Lipinski definition) is 6. The number of thioether (sulfide) groups is 1. The van der Waals surface area contributed by atoms with Crippen LogP contribution >= 0.6 is 23.1 Å². The Bertz CT molecular complexity index is 693. The molecule has 0 aromatic carbocycles. The highest BCUT2D eigenvalue weighted by molar-refractivity contribution is 7.99. The summed E-state index contributed by atoms with van der Waals surface area (Å²) in [4.78, 5) is 27.6. The topological polar surface area (TPSA) is 81.4 Å². The summed E-state index contributed by atoms with van der Waals surface area (Å²) in [6.45, 7) is 4.59. The van der Waals surface area contributed by atoms with Gasteiger partial charge in [0.2, 0.25) is 0 Å². The zero-order chi connectivity index (χ0) is 15.4. The van der Waals surface area contributed by atoms with Gasteiger partial charge in [0.1, 0.15) is 4.70 Å². The lowest BCUT2D eigenvalue weighted by atomic mass is 10.4. The summed E-state index contributed by atoms with van der Waals surface area (Å²) in [6, 6.07) is 1.77. The summed E-state index contributed by atoms with van der Waals surface area (Å²) in [5.74, 6) is -1.07. The van der Waals surface area contributed by atoms with Crippen LogP contribution in [0.1, 0.15) is 13.8 Å². The van der Waals surface area contributed by atoms with E-state index in [2.05, 4.69) is 4.98 Å². The van der Waals surface area contributed by atoms with Crippen molar-refractivity contribution in [1.82, 2.24) is 9.55 Å². The maximum atomic E-state index is 12.4. The molecule has 2 heterocycles. The summed E-state index contributed by atoms with van der Waals surface area (Å²) in [6.07, 6.45) is 0.0780. The normalized spacial score (nSPS) is 11.4. The molecule has 2 aromatic rings. The van der Waals surface area contributed by atoms with Gasteiger partial charge in [0.15, 0.2) is 5.16 Å².